The molecule has 3 heterocycles. The molecule has 7 nitrogen and oxygen atoms in total. The highest BCUT2D eigenvalue weighted by atomic mass is 16.7. The summed E-state index contributed by atoms with van der Waals surface area (Å²) in [6, 6.07) is 1.77. The van der Waals surface area contributed by atoms with Gasteiger partial charge in [0.05, 0.1) is 13.2 Å². The Morgan fingerprint density at radius 2 is 1.83 bits per heavy atom. The predicted octanol–water partition coefficient (Wildman–Crippen LogP) is 1.61. The SMILES string of the molecule is CCN(CC)c1nc(C)cc(C(=O)N2CCC3(CC2)OCCO3)n1. The normalized spacial score (nSPS) is 19.7. The number of carbonyl (C=O) groups excluding carboxylic acids is 1. The molecule has 0 atom stereocenters. The van der Waals surface area contributed by atoms with Crippen molar-refractivity contribution in [3.63, 3.8) is 0 Å². The number of anilines is 1. The van der Waals surface area contributed by atoms with Gasteiger partial charge in [0.1, 0.15) is 5.69 Å². The molecule has 0 radical (unpaired) electrons. The number of aryl methyl sites for hydroxylation is 1. The van der Waals surface area contributed by atoms with E-state index in [1.54, 1.807) is 6.07 Å². The van der Waals surface area contributed by atoms with Gasteiger partial charge in [0.2, 0.25) is 5.95 Å². The maximum absolute atomic E-state index is 12.8. The van der Waals surface area contributed by atoms with Crippen LogP contribution in [0, 0.1) is 6.92 Å². The fraction of sp³-hybridized carbons (Fsp3) is 0.706. The Labute approximate surface area is 143 Å². The predicted molar refractivity (Wildman–Crippen MR) is 90.1 cm³/mol. The summed E-state index contributed by atoms with van der Waals surface area (Å²) in [6.45, 7) is 10.2. The molecule has 0 aromatic carbocycles. The number of amides is 1. The van der Waals surface area contributed by atoms with E-state index in [0.29, 0.717) is 50.8 Å². The van der Waals surface area contributed by atoms with Crippen LogP contribution in [0.1, 0.15) is 42.9 Å². The number of carbonyl (C=O) groups is 1. The van der Waals surface area contributed by atoms with E-state index in [-0.39, 0.29) is 5.91 Å². The van der Waals surface area contributed by atoms with Gasteiger partial charge in [-0.1, -0.05) is 0 Å². The van der Waals surface area contributed by atoms with Crippen LogP contribution in [0.5, 0.6) is 0 Å². The molecule has 0 bridgehead atoms. The van der Waals surface area contributed by atoms with Crippen molar-refractivity contribution < 1.29 is 14.3 Å². The first-order valence-electron chi connectivity index (χ1n) is 8.74. The highest BCUT2D eigenvalue weighted by Crippen LogP contribution is 2.31. The monoisotopic (exact) mass is 334 g/mol. The molecule has 1 amide bonds. The molecule has 0 aliphatic carbocycles. The van der Waals surface area contributed by atoms with Crippen molar-refractivity contribution in [3.8, 4) is 0 Å². The lowest BCUT2D eigenvalue weighted by molar-refractivity contribution is -0.181. The van der Waals surface area contributed by atoms with Crippen molar-refractivity contribution in [2.45, 2.75) is 39.4 Å². The van der Waals surface area contributed by atoms with E-state index in [0.717, 1.165) is 18.8 Å². The number of hydrogen-bond donors (Lipinski definition) is 0. The first-order valence-corrected chi connectivity index (χ1v) is 8.74. The summed E-state index contributed by atoms with van der Waals surface area (Å²) in [7, 11) is 0. The Morgan fingerprint density at radius 3 is 2.42 bits per heavy atom. The molecule has 24 heavy (non-hydrogen) atoms. The van der Waals surface area contributed by atoms with Gasteiger partial charge in [-0.2, -0.15) is 0 Å². The van der Waals surface area contributed by atoms with Crippen LogP contribution in [-0.2, 0) is 9.47 Å². The molecule has 0 unspecified atom stereocenters. The highest BCUT2D eigenvalue weighted by molar-refractivity contribution is 5.92. The Balaban J connectivity index is 1.73. The van der Waals surface area contributed by atoms with Gasteiger partial charge in [0.15, 0.2) is 5.79 Å². The summed E-state index contributed by atoms with van der Waals surface area (Å²) < 4.78 is 11.4. The van der Waals surface area contributed by atoms with E-state index in [4.69, 9.17) is 9.47 Å². The van der Waals surface area contributed by atoms with Crippen molar-refractivity contribution >= 4 is 11.9 Å². The van der Waals surface area contributed by atoms with E-state index < -0.39 is 5.79 Å². The minimum atomic E-state index is -0.468. The fourth-order valence-corrected chi connectivity index (χ4v) is 3.31. The third-order valence-corrected chi connectivity index (χ3v) is 4.73. The summed E-state index contributed by atoms with van der Waals surface area (Å²) >= 11 is 0. The quantitative estimate of drug-likeness (QED) is 0.833. The van der Waals surface area contributed by atoms with Gasteiger partial charge in [-0.25, -0.2) is 9.97 Å². The second-order valence-electron chi connectivity index (χ2n) is 6.27. The molecule has 2 aliphatic heterocycles. The maximum Gasteiger partial charge on any atom is 0.272 e. The van der Waals surface area contributed by atoms with Gasteiger partial charge in [-0.05, 0) is 26.8 Å². The van der Waals surface area contributed by atoms with Crippen molar-refractivity contribution in [1.82, 2.24) is 14.9 Å². The number of ether oxygens (including phenoxy) is 2. The Morgan fingerprint density at radius 1 is 1.21 bits per heavy atom. The lowest BCUT2D eigenvalue weighted by Gasteiger charge is -2.37. The molecule has 2 saturated heterocycles. The fourth-order valence-electron chi connectivity index (χ4n) is 3.31. The highest BCUT2D eigenvalue weighted by Gasteiger charge is 2.41. The van der Waals surface area contributed by atoms with E-state index in [1.807, 2.05) is 11.8 Å². The molecule has 132 valence electrons. The van der Waals surface area contributed by atoms with Gasteiger partial charge in [-0.3, -0.25) is 4.79 Å². The first-order chi connectivity index (χ1) is 11.6. The van der Waals surface area contributed by atoms with Crippen molar-refractivity contribution in [2.24, 2.45) is 0 Å². The molecule has 0 N–H and O–H groups in total. The Kier molecular flexibility index (Phi) is 5.01. The number of aromatic nitrogens is 2. The molecule has 1 aromatic rings. The van der Waals surface area contributed by atoms with Crippen molar-refractivity contribution in [2.75, 3.05) is 44.3 Å². The summed E-state index contributed by atoms with van der Waals surface area (Å²) in [4.78, 5) is 25.7. The molecular weight excluding hydrogens is 308 g/mol. The summed E-state index contributed by atoms with van der Waals surface area (Å²) in [6.07, 6.45) is 1.43. The van der Waals surface area contributed by atoms with Crippen molar-refractivity contribution in [1.29, 1.82) is 0 Å². The molecule has 0 saturated carbocycles. The standard InChI is InChI=1S/C17H26N4O3/c1-4-20(5-2)16-18-13(3)12-14(19-16)15(22)21-8-6-17(7-9-21)23-10-11-24-17/h12H,4-11H2,1-3H3. The van der Waals surface area contributed by atoms with Gasteiger partial charge in [0, 0.05) is 44.7 Å². The lowest BCUT2D eigenvalue weighted by Crippen LogP contribution is -2.47. The van der Waals surface area contributed by atoms with Crippen LogP contribution in [0.2, 0.25) is 0 Å². The molecule has 7 heteroatoms. The Hall–Kier alpha value is -1.73. The number of piperidine rings is 1. The molecular formula is C17H26N4O3. The number of rotatable bonds is 4. The van der Waals surface area contributed by atoms with Crippen LogP contribution >= 0.6 is 0 Å². The maximum atomic E-state index is 12.8. The second-order valence-corrected chi connectivity index (χ2v) is 6.27. The first kappa shape index (κ1) is 17.1. The zero-order valence-electron chi connectivity index (χ0n) is 14.7. The van der Waals surface area contributed by atoms with Gasteiger partial charge in [0.25, 0.3) is 5.91 Å². The number of nitrogens with zero attached hydrogens (tertiary/aromatic N) is 4. The Bertz CT molecular complexity index is 587. The largest absolute Gasteiger partial charge is 0.347 e. The van der Waals surface area contributed by atoms with E-state index >= 15 is 0 Å². The van der Waals surface area contributed by atoms with Crippen LogP contribution in [0.25, 0.3) is 0 Å². The average Bonchev–Trinajstić information content (AvgIpc) is 3.04. The van der Waals surface area contributed by atoms with E-state index in [9.17, 15) is 4.79 Å². The number of hydrogen-bond acceptors (Lipinski definition) is 6. The van der Waals surface area contributed by atoms with Crippen LogP contribution in [-0.4, -0.2) is 66.0 Å². The third-order valence-electron chi connectivity index (χ3n) is 4.73. The smallest absolute Gasteiger partial charge is 0.272 e. The van der Waals surface area contributed by atoms with Crippen molar-refractivity contribution in [3.05, 3.63) is 17.5 Å². The molecule has 1 aromatic heterocycles. The zero-order valence-corrected chi connectivity index (χ0v) is 14.7. The van der Waals surface area contributed by atoms with Gasteiger partial charge >= 0.3 is 0 Å². The summed E-state index contributed by atoms with van der Waals surface area (Å²) in [5, 5.41) is 0. The minimum Gasteiger partial charge on any atom is -0.347 e. The van der Waals surface area contributed by atoms with Crippen LogP contribution < -0.4 is 4.90 Å². The van der Waals surface area contributed by atoms with Gasteiger partial charge < -0.3 is 19.3 Å². The van der Waals surface area contributed by atoms with Gasteiger partial charge in [-0.15, -0.1) is 0 Å². The lowest BCUT2D eigenvalue weighted by atomic mass is 10.0. The molecule has 2 aliphatic rings. The third kappa shape index (κ3) is 3.37. The van der Waals surface area contributed by atoms with E-state index in [2.05, 4.69) is 28.7 Å². The second kappa shape index (κ2) is 7.03. The van der Waals surface area contributed by atoms with Crippen LogP contribution in [0.15, 0.2) is 6.07 Å². The molecule has 3 rings (SSSR count). The molecule has 2 fully saturated rings. The summed E-state index contributed by atoms with van der Waals surface area (Å²) in [5.41, 5.74) is 1.28. The molecule has 1 spiro atoms. The number of likely N-dealkylation sites (tertiary alicyclic amines) is 1. The average molecular weight is 334 g/mol. The zero-order chi connectivity index (χ0) is 17.2. The van der Waals surface area contributed by atoms with Crippen LogP contribution in [0.3, 0.4) is 0 Å². The topological polar surface area (TPSA) is 67.8 Å². The van der Waals surface area contributed by atoms with Crippen LogP contribution in [0.4, 0.5) is 5.95 Å². The van der Waals surface area contributed by atoms with E-state index in [1.165, 1.54) is 0 Å². The summed E-state index contributed by atoms with van der Waals surface area (Å²) in [5.74, 6) is 0.117. The minimum absolute atomic E-state index is 0.0400.